The Labute approximate surface area is 91.0 Å². The Hall–Kier alpha value is -0.450. The van der Waals surface area contributed by atoms with Crippen molar-refractivity contribution in [2.24, 2.45) is 0 Å². The first-order valence-corrected chi connectivity index (χ1v) is 6.58. The van der Waals surface area contributed by atoms with Gasteiger partial charge in [0.1, 0.15) is 10.6 Å². The van der Waals surface area contributed by atoms with Gasteiger partial charge in [-0.1, -0.05) is 11.6 Å². The second kappa shape index (κ2) is 3.29. The Bertz CT molecular complexity index is 482. The number of hydrogen-bond acceptors (Lipinski definition) is 3. The average Bonchev–Trinajstić information content (AvgIpc) is 2.48. The zero-order valence-corrected chi connectivity index (χ0v) is 9.29. The van der Waals surface area contributed by atoms with Gasteiger partial charge in [0.2, 0.25) is 0 Å². The molecule has 14 heavy (non-hydrogen) atoms. The second-order valence-electron chi connectivity index (χ2n) is 2.89. The number of halogens is 2. The lowest BCUT2D eigenvalue weighted by Gasteiger charge is -2.05. The van der Waals surface area contributed by atoms with Gasteiger partial charge in [0.15, 0.2) is 0 Å². The maximum absolute atomic E-state index is 11.2. The molecule has 0 aliphatic carbocycles. The first-order valence-electron chi connectivity index (χ1n) is 3.89. The van der Waals surface area contributed by atoms with Gasteiger partial charge in [-0.25, -0.2) is 8.42 Å². The normalized spacial score (nSPS) is 15.0. The van der Waals surface area contributed by atoms with E-state index in [9.17, 15) is 8.42 Å². The molecule has 1 aliphatic rings. The van der Waals surface area contributed by atoms with Crippen LogP contribution in [0.25, 0.3) is 0 Å². The third kappa shape index (κ3) is 1.58. The van der Waals surface area contributed by atoms with E-state index in [0.717, 1.165) is 0 Å². The molecule has 0 bridgehead atoms. The summed E-state index contributed by atoms with van der Waals surface area (Å²) in [5, 5.41) is 0.143. The van der Waals surface area contributed by atoms with Crippen LogP contribution in [0.3, 0.4) is 0 Å². The van der Waals surface area contributed by atoms with Gasteiger partial charge in [-0.05, 0) is 12.1 Å². The molecule has 1 aliphatic heterocycles. The van der Waals surface area contributed by atoms with E-state index in [4.69, 9.17) is 27.0 Å². The highest BCUT2D eigenvalue weighted by atomic mass is 35.7. The Balaban J connectivity index is 2.76. The Morgan fingerprint density at radius 1 is 1.36 bits per heavy atom. The number of ether oxygens (including phenoxy) is 1. The lowest BCUT2D eigenvalue weighted by atomic mass is 10.2. The van der Waals surface area contributed by atoms with E-state index < -0.39 is 9.05 Å². The number of fused-ring (bicyclic) bond motifs is 1. The second-order valence-corrected chi connectivity index (χ2v) is 5.80. The minimum Gasteiger partial charge on any atom is -0.493 e. The first kappa shape index (κ1) is 10.1. The summed E-state index contributed by atoms with van der Waals surface area (Å²) >= 11 is 5.77. The molecule has 0 saturated carbocycles. The van der Waals surface area contributed by atoms with Gasteiger partial charge in [-0.2, -0.15) is 0 Å². The van der Waals surface area contributed by atoms with Crippen molar-refractivity contribution in [1.29, 1.82) is 0 Å². The molecule has 76 valence electrons. The Morgan fingerprint density at radius 2 is 2.07 bits per heavy atom. The van der Waals surface area contributed by atoms with Gasteiger partial charge in [0.05, 0.1) is 11.6 Å². The quantitative estimate of drug-likeness (QED) is 0.720. The topological polar surface area (TPSA) is 43.4 Å². The standard InChI is InChI=1S/C8H6Cl2O3S/c9-6-1-2-7-5(3-4-13-7)8(6)14(10,11)12/h1-2H,3-4H2. The molecule has 0 radical (unpaired) electrons. The van der Waals surface area contributed by atoms with E-state index in [1.807, 2.05) is 0 Å². The van der Waals surface area contributed by atoms with Crippen molar-refractivity contribution in [2.75, 3.05) is 6.61 Å². The van der Waals surface area contributed by atoms with Gasteiger partial charge in [-0.3, -0.25) is 0 Å². The Morgan fingerprint density at radius 3 is 2.71 bits per heavy atom. The van der Waals surface area contributed by atoms with Crippen molar-refractivity contribution in [1.82, 2.24) is 0 Å². The maximum Gasteiger partial charge on any atom is 0.263 e. The van der Waals surface area contributed by atoms with E-state index in [0.29, 0.717) is 24.3 Å². The number of rotatable bonds is 1. The van der Waals surface area contributed by atoms with Gasteiger partial charge >= 0.3 is 0 Å². The van der Waals surface area contributed by atoms with Gasteiger partial charge < -0.3 is 4.74 Å². The molecule has 1 aromatic rings. The molecule has 0 spiro atoms. The first-order chi connectivity index (χ1) is 6.50. The predicted octanol–water partition coefficient (Wildman–Crippen LogP) is 2.20. The van der Waals surface area contributed by atoms with Crippen LogP contribution in [0.4, 0.5) is 0 Å². The van der Waals surface area contributed by atoms with Crippen molar-refractivity contribution in [3.05, 3.63) is 22.7 Å². The summed E-state index contributed by atoms with van der Waals surface area (Å²) in [6.07, 6.45) is 0.525. The molecule has 0 N–H and O–H groups in total. The van der Waals surface area contributed by atoms with Crippen LogP contribution in [-0.2, 0) is 15.5 Å². The van der Waals surface area contributed by atoms with Crippen molar-refractivity contribution in [3.63, 3.8) is 0 Å². The number of benzene rings is 1. The van der Waals surface area contributed by atoms with Crippen LogP contribution in [0, 0.1) is 0 Å². The lowest BCUT2D eigenvalue weighted by Crippen LogP contribution is -1.97. The molecule has 1 aromatic carbocycles. The smallest absolute Gasteiger partial charge is 0.263 e. The molecule has 6 heteroatoms. The minimum atomic E-state index is -3.80. The van der Waals surface area contributed by atoms with Gasteiger partial charge in [-0.15, -0.1) is 0 Å². The molecule has 0 unspecified atom stereocenters. The molecule has 0 saturated heterocycles. The summed E-state index contributed by atoms with van der Waals surface area (Å²) in [5.41, 5.74) is 0.576. The van der Waals surface area contributed by atoms with Crippen LogP contribution in [0.5, 0.6) is 5.75 Å². The summed E-state index contributed by atoms with van der Waals surface area (Å²) in [6.45, 7) is 0.467. The largest absolute Gasteiger partial charge is 0.493 e. The monoisotopic (exact) mass is 252 g/mol. The van der Waals surface area contributed by atoms with E-state index in [1.54, 1.807) is 6.07 Å². The van der Waals surface area contributed by atoms with Crippen LogP contribution in [0.15, 0.2) is 17.0 Å². The summed E-state index contributed by atoms with van der Waals surface area (Å²) in [6, 6.07) is 3.12. The fraction of sp³-hybridized carbons (Fsp3) is 0.250. The minimum absolute atomic E-state index is 0.0177. The fourth-order valence-corrected chi connectivity index (χ4v) is 3.41. The highest BCUT2D eigenvalue weighted by Gasteiger charge is 2.26. The van der Waals surface area contributed by atoms with Gasteiger partial charge in [0.25, 0.3) is 9.05 Å². The molecule has 3 nitrogen and oxygen atoms in total. The van der Waals surface area contributed by atoms with Crippen molar-refractivity contribution in [3.8, 4) is 5.75 Å². The van der Waals surface area contributed by atoms with E-state index in [1.165, 1.54) is 6.07 Å². The van der Waals surface area contributed by atoms with Crippen LogP contribution in [-0.4, -0.2) is 15.0 Å². The van der Waals surface area contributed by atoms with Crippen molar-refractivity contribution in [2.45, 2.75) is 11.3 Å². The molecule has 1 heterocycles. The van der Waals surface area contributed by atoms with Crippen LogP contribution >= 0.6 is 22.3 Å². The van der Waals surface area contributed by atoms with Crippen LogP contribution in [0.1, 0.15) is 5.56 Å². The highest BCUT2D eigenvalue weighted by molar-refractivity contribution is 8.13. The third-order valence-corrected chi connectivity index (χ3v) is 3.87. The predicted molar refractivity (Wildman–Crippen MR) is 53.7 cm³/mol. The fourth-order valence-electron chi connectivity index (χ4n) is 1.48. The summed E-state index contributed by atoms with van der Waals surface area (Å²) in [5.74, 6) is 0.550. The molecule has 0 amide bonds. The zero-order chi connectivity index (χ0) is 10.3. The molecule has 0 fully saturated rings. The average molecular weight is 253 g/mol. The SMILES string of the molecule is O=S(=O)(Cl)c1c(Cl)ccc2c1CCO2. The zero-order valence-electron chi connectivity index (χ0n) is 6.96. The Kier molecular flexibility index (Phi) is 2.37. The van der Waals surface area contributed by atoms with Crippen molar-refractivity contribution >= 4 is 31.3 Å². The van der Waals surface area contributed by atoms with Crippen molar-refractivity contribution < 1.29 is 13.2 Å². The summed E-state index contributed by atoms with van der Waals surface area (Å²) in [4.78, 5) is -0.0177. The molecule has 0 atom stereocenters. The highest BCUT2D eigenvalue weighted by Crippen LogP contribution is 2.37. The van der Waals surface area contributed by atoms with Crippen LogP contribution < -0.4 is 4.74 Å². The summed E-state index contributed by atoms with van der Waals surface area (Å²) < 4.78 is 27.7. The van der Waals surface area contributed by atoms with Gasteiger partial charge in [0, 0.05) is 22.7 Å². The lowest BCUT2D eigenvalue weighted by molar-refractivity contribution is 0.357. The van der Waals surface area contributed by atoms with E-state index in [-0.39, 0.29) is 9.92 Å². The molecular formula is C8H6Cl2O3S. The van der Waals surface area contributed by atoms with Crippen LogP contribution in [0.2, 0.25) is 5.02 Å². The molecule has 0 aromatic heterocycles. The third-order valence-electron chi connectivity index (χ3n) is 2.02. The van der Waals surface area contributed by atoms with E-state index >= 15 is 0 Å². The maximum atomic E-state index is 11.2. The van der Waals surface area contributed by atoms with E-state index in [2.05, 4.69) is 0 Å². The molecular weight excluding hydrogens is 247 g/mol. The number of hydrogen-bond donors (Lipinski definition) is 0. The summed E-state index contributed by atoms with van der Waals surface area (Å²) in [7, 11) is 1.48. The molecule has 2 rings (SSSR count).